The fraction of sp³-hybridized carbons (Fsp3) is 0.833. The molecule has 0 aromatic heterocycles. The van der Waals surface area contributed by atoms with Crippen molar-refractivity contribution in [2.75, 3.05) is 6.54 Å². The van der Waals surface area contributed by atoms with Gasteiger partial charge in [-0.05, 0) is 31.1 Å². The molecular formula is C12H22N2O3. The molecule has 0 spiro atoms. The zero-order valence-electron chi connectivity index (χ0n) is 11.0. The van der Waals surface area contributed by atoms with Gasteiger partial charge in [-0.1, -0.05) is 20.8 Å². The van der Waals surface area contributed by atoms with Crippen LogP contribution >= 0.6 is 0 Å². The lowest BCUT2D eigenvalue weighted by molar-refractivity contribution is -0.143. The molecule has 1 rings (SSSR count). The average molecular weight is 242 g/mol. The minimum absolute atomic E-state index is 0.314. The van der Waals surface area contributed by atoms with Crippen molar-refractivity contribution in [3.63, 3.8) is 0 Å². The summed E-state index contributed by atoms with van der Waals surface area (Å²) in [6.45, 7) is 8.17. The predicted octanol–water partition coefficient (Wildman–Crippen LogP) is 1.59. The van der Waals surface area contributed by atoms with Crippen LogP contribution in [-0.4, -0.2) is 29.2 Å². The fourth-order valence-corrected chi connectivity index (χ4v) is 1.73. The van der Waals surface area contributed by atoms with Crippen LogP contribution in [0.5, 0.6) is 0 Å². The van der Waals surface area contributed by atoms with Crippen LogP contribution in [0.3, 0.4) is 0 Å². The average Bonchev–Trinajstić information content (AvgIpc) is 2.83. The van der Waals surface area contributed by atoms with Gasteiger partial charge in [-0.2, -0.15) is 0 Å². The van der Waals surface area contributed by atoms with E-state index >= 15 is 0 Å². The molecule has 0 aliphatic heterocycles. The molecule has 1 aliphatic rings. The van der Waals surface area contributed by atoms with Crippen LogP contribution in [0.25, 0.3) is 0 Å². The predicted molar refractivity (Wildman–Crippen MR) is 64.8 cm³/mol. The maximum Gasteiger partial charge on any atom is 0.329 e. The van der Waals surface area contributed by atoms with E-state index < -0.39 is 17.5 Å². The van der Waals surface area contributed by atoms with E-state index in [1.165, 1.54) is 6.92 Å². The topological polar surface area (TPSA) is 78.4 Å². The minimum atomic E-state index is -1.19. The Hall–Kier alpha value is -1.26. The summed E-state index contributed by atoms with van der Waals surface area (Å²) < 4.78 is 0. The number of hydrogen-bond acceptors (Lipinski definition) is 2. The summed E-state index contributed by atoms with van der Waals surface area (Å²) in [4.78, 5) is 22.6. The standard InChI is InChI=1S/C12H22N2O3/c1-5-12(4,9(15)16)14-10(17)13-7-8-6-11(8,2)3/h8H,5-7H2,1-4H3,(H,15,16)(H2,13,14,17). The maximum absolute atomic E-state index is 11.6. The Morgan fingerprint density at radius 2 is 2.00 bits per heavy atom. The van der Waals surface area contributed by atoms with Crippen molar-refractivity contribution in [1.82, 2.24) is 10.6 Å². The van der Waals surface area contributed by atoms with Crippen molar-refractivity contribution < 1.29 is 14.7 Å². The van der Waals surface area contributed by atoms with Crippen LogP contribution in [0.4, 0.5) is 4.79 Å². The Morgan fingerprint density at radius 1 is 1.47 bits per heavy atom. The SMILES string of the molecule is CCC(C)(NC(=O)NCC1CC1(C)C)C(=O)O. The van der Waals surface area contributed by atoms with E-state index in [2.05, 4.69) is 24.5 Å². The Labute approximate surface area is 102 Å². The quantitative estimate of drug-likeness (QED) is 0.685. The molecule has 0 saturated heterocycles. The van der Waals surface area contributed by atoms with Crippen molar-refractivity contribution >= 4 is 12.0 Å². The van der Waals surface area contributed by atoms with Gasteiger partial charge in [0.25, 0.3) is 0 Å². The molecule has 5 nitrogen and oxygen atoms in total. The molecule has 3 N–H and O–H groups in total. The zero-order chi connectivity index (χ0) is 13.3. The van der Waals surface area contributed by atoms with Gasteiger partial charge in [-0.25, -0.2) is 9.59 Å². The first-order valence-electron chi connectivity index (χ1n) is 6.00. The molecule has 0 aromatic rings. The van der Waals surface area contributed by atoms with E-state index in [0.717, 1.165) is 6.42 Å². The summed E-state index contributed by atoms with van der Waals surface area (Å²) >= 11 is 0. The van der Waals surface area contributed by atoms with Crippen molar-refractivity contribution in [2.24, 2.45) is 11.3 Å². The third kappa shape index (κ3) is 3.35. The Morgan fingerprint density at radius 3 is 2.35 bits per heavy atom. The van der Waals surface area contributed by atoms with Crippen molar-refractivity contribution in [1.29, 1.82) is 0 Å². The minimum Gasteiger partial charge on any atom is -0.480 e. The molecule has 2 unspecified atom stereocenters. The number of aliphatic carboxylic acids is 1. The highest BCUT2D eigenvalue weighted by Gasteiger charge is 2.45. The van der Waals surface area contributed by atoms with Gasteiger partial charge in [-0.15, -0.1) is 0 Å². The highest BCUT2D eigenvalue weighted by Crippen LogP contribution is 2.50. The molecular weight excluding hydrogens is 220 g/mol. The summed E-state index contributed by atoms with van der Waals surface area (Å²) in [5.41, 5.74) is -0.878. The van der Waals surface area contributed by atoms with Gasteiger partial charge < -0.3 is 15.7 Å². The lowest BCUT2D eigenvalue weighted by Gasteiger charge is -2.24. The van der Waals surface area contributed by atoms with Crippen LogP contribution in [0.1, 0.15) is 40.5 Å². The number of urea groups is 1. The molecule has 2 amide bonds. The molecule has 17 heavy (non-hydrogen) atoms. The number of carbonyl (C=O) groups excluding carboxylic acids is 1. The molecule has 2 atom stereocenters. The molecule has 5 heteroatoms. The third-order valence-corrected chi connectivity index (χ3v) is 3.80. The third-order valence-electron chi connectivity index (χ3n) is 3.80. The second-order valence-corrected chi connectivity index (χ2v) is 5.72. The summed E-state index contributed by atoms with van der Waals surface area (Å²) in [5, 5.41) is 14.2. The lowest BCUT2D eigenvalue weighted by Crippen LogP contribution is -2.55. The van der Waals surface area contributed by atoms with Gasteiger partial charge >= 0.3 is 12.0 Å². The van der Waals surface area contributed by atoms with Crippen LogP contribution in [0.2, 0.25) is 0 Å². The zero-order valence-corrected chi connectivity index (χ0v) is 11.0. The maximum atomic E-state index is 11.6. The molecule has 1 saturated carbocycles. The first-order chi connectivity index (χ1) is 7.71. The summed E-state index contributed by atoms with van der Waals surface area (Å²) in [5.74, 6) is -0.507. The van der Waals surface area contributed by atoms with E-state index in [9.17, 15) is 9.59 Å². The summed E-state index contributed by atoms with van der Waals surface area (Å²) in [6.07, 6.45) is 1.46. The van der Waals surface area contributed by atoms with E-state index in [1.807, 2.05) is 0 Å². The second kappa shape index (κ2) is 4.55. The first-order valence-corrected chi connectivity index (χ1v) is 6.00. The Balaban J connectivity index is 2.36. The number of carboxylic acids is 1. The van der Waals surface area contributed by atoms with Gasteiger partial charge in [-0.3, -0.25) is 0 Å². The van der Waals surface area contributed by atoms with E-state index in [0.29, 0.717) is 24.3 Å². The molecule has 0 aromatic carbocycles. The monoisotopic (exact) mass is 242 g/mol. The molecule has 0 bridgehead atoms. The van der Waals surface area contributed by atoms with E-state index in [4.69, 9.17) is 5.11 Å². The van der Waals surface area contributed by atoms with E-state index in [1.54, 1.807) is 6.92 Å². The van der Waals surface area contributed by atoms with Crippen LogP contribution in [-0.2, 0) is 4.79 Å². The highest BCUT2D eigenvalue weighted by atomic mass is 16.4. The number of rotatable bonds is 5. The number of nitrogens with one attached hydrogen (secondary N) is 2. The van der Waals surface area contributed by atoms with Crippen molar-refractivity contribution in [2.45, 2.75) is 46.1 Å². The number of hydrogen-bond donors (Lipinski definition) is 3. The molecule has 0 radical (unpaired) electrons. The number of carboxylic acid groups (broad SMARTS) is 1. The van der Waals surface area contributed by atoms with Crippen molar-refractivity contribution in [3.05, 3.63) is 0 Å². The molecule has 1 aliphatic carbocycles. The van der Waals surface area contributed by atoms with Crippen LogP contribution in [0, 0.1) is 11.3 Å². The number of carbonyl (C=O) groups is 2. The Kier molecular flexibility index (Phi) is 3.69. The highest BCUT2D eigenvalue weighted by molar-refractivity contribution is 5.85. The second-order valence-electron chi connectivity index (χ2n) is 5.72. The number of amides is 2. The Bertz CT molecular complexity index is 328. The van der Waals surface area contributed by atoms with Gasteiger partial charge in [0.1, 0.15) is 5.54 Å². The normalized spacial score (nSPS) is 24.6. The first kappa shape index (κ1) is 13.8. The van der Waals surface area contributed by atoms with Gasteiger partial charge in [0.05, 0.1) is 0 Å². The molecule has 98 valence electrons. The lowest BCUT2D eigenvalue weighted by atomic mass is 10.00. The molecule has 0 heterocycles. The molecule has 1 fully saturated rings. The van der Waals surface area contributed by atoms with Crippen LogP contribution < -0.4 is 10.6 Å². The summed E-state index contributed by atoms with van der Waals surface area (Å²) in [7, 11) is 0. The largest absolute Gasteiger partial charge is 0.480 e. The smallest absolute Gasteiger partial charge is 0.329 e. The van der Waals surface area contributed by atoms with Gasteiger partial charge in [0.15, 0.2) is 0 Å². The van der Waals surface area contributed by atoms with E-state index in [-0.39, 0.29) is 0 Å². The van der Waals surface area contributed by atoms with Crippen LogP contribution in [0.15, 0.2) is 0 Å². The van der Waals surface area contributed by atoms with Gasteiger partial charge in [0, 0.05) is 6.54 Å². The summed E-state index contributed by atoms with van der Waals surface area (Å²) in [6, 6.07) is -0.403. The van der Waals surface area contributed by atoms with Crippen molar-refractivity contribution in [3.8, 4) is 0 Å². The fourth-order valence-electron chi connectivity index (χ4n) is 1.73. The van der Waals surface area contributed by atoms with Gasteiger partial charge in [0.2, 0.25) is 0 Å².